The molecule has 1 unspecified atom stereocenters. The van der Waals surface area contributed by atoms with E-state index in [0.717, 1.165) is 24.0 Å². The Balaban J connectivity index is 2.22. The maximum absolute atomic E-state index is 6.40. The van der Waals surface area contributed by atoms with Crippen molar-refractivity contribution in [2.24, 2.45) is 5.92 Å². The van der Waals surface area contributed by atoms with E-state index >= 15 is 0 Å². The van der Waals surface area contributed by atoms with Crippen LogP contribution in [0, 0.1) is 5.92 Å². The van der Waals surface area contributed by atoms with E-state index < -0.39 is 0 Å². The molecule has 0 bridgehead atoms. The number of rotatable bonds is 6. The Bertz CT molecular complexity index is 401. The van der Waals surface area contributed by atoms with Crippen LogP contribution in [0.25, 0.3) is 0 Å². The summed E-state index contributed by atoms with van der Waals surface area (Å²) < 4.78 is 0. The summed E-state index contributed by atoms with van der Waals surface area (Å²) in [6.45, 7) is 6.29. The molecule has 2 rings (SSSR count). The highest BCUT2D eigenvalue weighted by atomic mass is 35.5. The second-order valence-corrected chi connectivity index (χ2v) is 5.62. The lowest BCUT2D eigenvalue weighted by molar-refractivity contribution is 0.605. The monoisotopic (exact) mass is 266 g/mol. The molecule has 3 heteroatoms. The van der Waals surface area contributed by atoms with E-state index in [1.54, 1.807) is 0 Å². The molecule has 1 aromatic rings. The van der Waals surface area contributed by atoms with Gasteiger partial charge in [-0.3, -0.25) is 0 Å². The highest BCUT2D eigenvalue weighted by Gasteiger charge is 2.31. The van der Waals surface area contributed by atoms with Crippen molar-refractivity contribution in [2.45, 2.75) is 39.3 Å². The zero-order valence-electron chi connectivity index (χ0n) is 11.5. The molecule has 1 aromatic carbocycles. The lowest BCUT2D eigenvalue weighted by atomic mass is 10.1. The van der Waals surface area contributed by atoms with Crippen molar-refractivity contribution in [3.63, 3.8) is 0 Å². The van der Waals surface area contributed by atoms with Gasteiger partial charge >= 0.3 is 0 Å². The van der Waals surface area contributed by atoms with Crippen LogP contribution >= 0.6 is 11.6 Å². The Hall–Kier alpha value is -0.730. The topological polar surface area (TPSA) is 15.3 Å². The second kappa shape index (κ2) is 5.94. The fourth-order valence-corrected chi connectivity index (χ4v) is 2.78. The molecule has 1 fully saturated rings. The predicted molar refractivity (Wildman–Crippen MR) is 79.4 cm³/mol. The second-order valence-electron chi connectivity index (χ2n) is 5.22. The van der Waals surface area contributed by atoms with Crippen LogP contribution in [-0.4, -0.2) is 19.6 Å². The first-order chi connectivity index (χ1) is 8.65. The predicted octanol–water partition coefficient (Wildman–Crippen LogP) is 3.68. The molecule has 1 aliphatic rings. The van der Waals surface area contributed by atoms with Gasteiger partial charge in [0.2, 0.25) is 0 Å². The third-order valence-electron chi connectivity index (χ3n) is 3.90. The molecular formula is C15H23ClN2. The normalized spacial score (nSPS) is 16.7. The number of para-hydroxylation sites is 1. The van der Waals surface area contributed by atoms with Gasteiger partial charge in [-0.25, -0.2) is 0 Å². The average molecular weight is 267 g/mol. The van der Waals surface area contributed by atoms with Crippen LogP contribution in [0.3, 0.4) is 0 Å². The fourth-order valence-electron chi connectivity index (χ4n) is 2.46. The minimum absolute atomic E-state index is 0.574. The number of nitrogens with one attached hydrogen (secondary N) is 1. The molecule has 0 aliphatic heterocycles. The molecular weight excluding hydrogens is 244 g/mol. The molecule has 0 heterocycles. The van der Waals surface area contributed by atoms with Crippen LogP contribution < -0.4 is 10.2 Å². The molecule has 1 saturated carbocycles. The smallest absolute Gasteiger partial charge is 0.0642 e. The highest BCUT2D eigenvalue weighted by Crippen LogP contribution is 2.39. The molecule has 1 N–H and O–H groups in total. The van der Waals surface area contributed by atoms with Crippen LogP contribution in [0.2, 0.25) is 5.02 Å². The van der Waals surface area contributed by atoms with Crippen molar-refractivity contribution in [3.05, 3.63) is 28.8 Å². The van der Waals surface area contributed by atoms with E-state index in [2.05, 4.69) is 37.2 Å². The van der Waals surface area contributed by atoms with Crippen LogP contribution in [0.5, 0.6) is 0 Å². The van der Waals surface area contributed by atoms with E-state index in [-0.39, 0.29) is 0 Å². The van der Waals surface area contributed by atoms with Crippen molar-refractivity contribution in [2.75, 3.05) is 18.5 Å². The number of anilines is 1. The molecule has 0 amide bonds. The number of halogens is 1. The third-order valence-corrected chi connectivity index (χ3v) is 4.21. The maximum atomic E-state index is 6.40. The zero-order valence-corrected chi connectivity index (χ0v) is 12.3. The van der Waals surface area contributed by atoms with Gasteiger partial charge in [0.05, 0.1) is 10.7 Å². The highest BCUT2D eigenvalue weighted by molar-refractivity contribution is 6.33. The number of hydrogen-bond donors (Lipinski definition) is 1. The fraction of sp³-hybridized carbons (Fsp3) is 0.600. The van der Waals surface area contributed by atoms with Gasteiger partial charge in [-0.1, -0.05) is 30.7 Å². The minimum atomic E-state index is 0.574. The van der Waals surface area contributed by atoms with Gasteiger partial charge in [0.1, 0.15) is 0 Å². The summed E-state index contributed by atoms with van der Waals surface area (Å²) in [5.41, 5.74) is 2.49. The summed E-state index contributed by atoms with van der Waals surface area (Å²) in [6, 6.07) is 6.77. The zero-order chi connectivity index (χ0) is 13.1. The Morgan fingerprint density at radius 2 is 2.17 bits per heavy atom. The minimum Gasteiger partial charge on any atom is -0.370 e. The van der Waals surface area contributed by atoms with Gasteiger partial charge in [0, 0.05) is 19.6 Å². The van der Waals surface area contributed by atoms with Gasteiger partial charge in [-0.2, -0.15) is 0 Å². The number of benzene rings is 1. The van der Waals surface area contributed by atoms with Gasteiger partial charge in [0.15, 0.2) is 0 Å². The Morgan fingerprint density at radius 3 is 2.78 bits per heavy atom. The van der Waals surface area contributed by atoms with Gasteiger partial charge in [-0.05, 0) is 43.9 Å². The summed E-state index contributed by atoms with van der Waals surface area (Å²) in [6.07, 6.45) is 2.72. The quantitative estimate of drug-likeness (QED) is 0.845. The summed E-state index contributed by atoms with van der Waals surface area (Å²) in [5, 5.41) is 4.25. The van der Waals surface area contributed by atoms with E-state index in [0.29, 0.717) is 6.04 Å². The molecule has 0 spiro atoms. The lowest BCUT2D eigenvalue weighted by Gasteiger charge is -2.30. The molecule has 18 heavy (non-hydrogen) atoms. The molecule has 1 aliphatic carbocycles. The van der Waals surface area contributed by atoms with E-state index in [1.807, 2.05) is 12.1 Å². The SMILES string of the molecule is CCNCc1cccc(Cl)c1N(C)C(C)C1CC1. The summed E-state index contributed by atoms with van der Waals surface area (Å²) in [7, 11) is 2.17. The van der Waals surface area contributed by atoms with Gasteiger partial charge < -0.3 is 10.2 Å². The van der Waals surface area contributed by atoms with Crippen molar-refractivity contribution in [3.8, 4) is 0 Å². The van der Waals surface area contributed by atoms with Crippen molar-refractivity contribution in [1.29, 1.82) is 0 Å². The Morgan fingerprint density at radius 1 is 1.44 bits per heavy atom. The van der Waals surface area contributed by atoms with Crippen molar-refractivity contribution >= 4 is 17.3 Å². The summed E-state index contributed by atoms with van der Waals surface area (Å²) >= 11 is 6.40. The van der Waals surface area contributed by atoms with Crippen LogP contribution in [0.15, 0.2) is 18.2 Å². The van der Waals surface area contributed by atoms with Crippen molar-refractivity contribution < 1.29 is 0 Å². The Kier molecular flexibility index (Phi) is 4.52. The summed E-state index contributed by atoms with van der Waals surface area (Å²) in [4.78, 5) is 2.35. The molecule has 0 saturated heterocycles. The largest absolute Gasteiger partial charge is 0.370 e. The van der Waals surface area contributed by atoms with Crippen LogP contribution in [0.1, 0.15) is 32.3 Å². The molecule has 0 radical (unpaired) electrons. The molecule has 100 valence electrons. The molecule has 0 aromatic heterocycles. The molecule has 1 atom stereocenters. The van der Waals surface area contributed by atoms with E-state index in [9.17, 15) is 0 Å². The first kappa shape index (κ1) is 13.7. The van der Waals surface area contributed by atoms with E-state index in [1.165, 1.54) is 24.1 Å². The Labute approximate surface area is 115 Å². The standard InChI is InChI=1S/C15H23ClN2/c1-4-17-10-13-6-5-7-14(16)15(13)18(3)11(2)12-8-9-12/h5-7,11-12,17H,4,8-10H2,1-3H3. The van der Waals surface area contributed by atoms with Crippen LogP contribution in [0.4, 0.5) is 5.69 Å². The number of hydrogen-bond acceptors (Lipinski definition) is 2. The first-order valence-electron chi connectivity index (χ1n) is 6.86. The van der Waals surface area contributed by atoms with E-state index in [4.69, 9.17) is 11.6 Å². The van der Waals surface area contributed by atoms with Crippen molar-refractivity contribution in [1.82, 2.24) is 5.32 Å². The van der Waals surface area contributed by atoms with Crippen LogP contribution in [-0.2, 0) is 6.54 Å². The average Bonchev–Trinajstić information content (AvgIpc) is 3.19. The number of nitrogens with zero attached hydrogens (tertiary/aromatic N) is 1. The third kappa shape index (κ3) is 2.99. The lowest BCUT2D eigenvalue weighted by Crippen LogP contribution is -2.32. The first-order valence-corrected chi connectivity index (χ1v) is 7.23. The van der Waals surface area contributed by atoms with Gasteiger partial charge in [-0.15, -0.1) is 0 Å². The summed E-state index contributed by atoms with van der Waals surface area (Å²) in [5.74, 6) is 0.846. The molecule has 2 nitrogen and oxygen atoms in total. The maximum Gasteiger partial charge on any atom is 0.0642 e. The van der Waals surface area contributed by atoms with Gasteiger partial charge in [0.25, 0.3) is 0 Å².